The van der Waals surface area contributed by atoms with E-state index in [1.54, 1.807) is 0 Å². The zero-order chi connectivity index (χ0) is 20.9. The SMILES string of the molecule is CNS(=O)(=O)C[C@@H]1C[C@H](SC(C)=O)CN1C(=O)OCc1ccc([N+](=O)[O-])cc1. The van der Waals surface area contributed by atoms with Gasteiger partial charge in [0, 0.05) is 30.9 Å². The second-order valence-corrected chi connectivity index (χ2v) is 9.69. The quantitative estimate of drug-likeness (QED) is 0.507. The number of amides is 1. The molecule has 28 heavy (non-hydrogen) atoms. The van der Waals surface area contributed by atoms with Gasteiger partial charge in [-0.1, -0.05) is 11.8 Å². The lowest BCUT2D eigenvalue weighted by Gasteiger charge is -2.23. The molecule has 1 fully saturated rings. The molecule has 10 nitrogen and oxygen atoms in total. The van der Waals surface area contributed by atoms with E-state index in [2.05, 4.69) is 4.72 Å². The first-order valence-electron chi connectivity index (χ1n) is 8.36. The molecule has 0 bridgehead atoms. The summed E-state index contributed by atoms with van der Waals surface area (Å²) in [5.74, 6) is -0.287. The number of non-ortho nitro benzene ring substituents is 1. The molecule has 2 rings (SSSR count). The smallest absolute Gasteiger partial charge is 0.410 e. The molecule has 12 heteroatoms. The Morgan fingerprint density at radius 1 is 1.36 bits per heavy atom. The maximum Gasteiger partial charge on any atom is 0.410 e. The van der Waals surface area contributed by atoms with Crippen LogP contribution in [0.25, 0.3) is 0 Å². The number of nitro groups is 1. The largest absolute Gasteiger partial charge is 0.445 e. The number of carbonyl (C=O) groups is 2. The van der Waals surface area contributed by atoms with Gasteiger partial charge in [0.15, 0.2) is 5.12 Å². The molecule has 1 N–H and O–H groups in total. The van der Waals surface area contributed by atoms with Gasteiger partial charge in [-0.15, -0.1) is 0 Å². The summed E-state index contributed by atoms with van der Waals surface area (Å²) in [5, 5.41) is 10.4. The van der Waals surface area contributed by atoms with Gasteiger partial charge in [-0.25, -0.2) is 17.9 Å². The summed E-state index contributed by atoms with van der Waals surface area (Å²) in [6.07, 6.45) is -0.334. The van der Waals surface area contributed by atoms with Crippen LogP contribution >= 0.6 is 11.8 Å². The standard InChI is InChI=1S/C16H21N3O7S2/c1-11(20)27-15-7-14(10-28(24,25)17-2)18(8-15)16(21)26-9-12-3-5-13(6-4-12)19(22)23/h3-6,14-15,17H,7-10H2,1-2H3/t14-,15-/m0/s1. The van der Waals surface area contributed by atoms with Crippen LogP contribution in [0.5, 0.6) is 0 Å². The fraction of sp³-hybridized carbons (Fsp3) is 0.500. The lowest BCUT2D eigenvalue weighted by Crippen LogP contribution is -2.42. The monoisotopic (exact) mass is 431 g/mol. The minimum Gasteiger partial charge on any atom is -0.445 e. The maximum atomic E-state index is 12.5. The Morgan fingerprint density at radius 3 is 2.54 bits per heavy atom. The van der Waals surface area contributed by atoms with Crippen LogP contribution in [-0.2, 0) is 26.2 Å². The summed E-state index contributed by atoms with van der Waals surface area (Å²) in [6.45, 7) is 1.51. The Hall–Kier alpha value is -2.18. The summed E-state index contributed by atoms with van der Waals surface area (Å²) in [6, 6.07) is 4.96. The first kappa shape index (κ1) is 22.1. The first-order valence-corrected chi connectivity index (χ1v) is 10.9. The van der Waals surface area contributed by atoms with Crippen LogP contribution in [0.15, 0.2) is 24.3 Å². The molecule has 1 aromatic carbocycles. The lowest BCUT2D eigenvalue weighted by molar-refractivity contribution is -0.384. The van der Waals surface area contributed by atoms with E-state index in [1.807, 2.05) is 0 Å². The Kier molecular flexibility index (Phi) is 7.38. The van der Waals surface area contributed by atoms with Gasteiger partial charge in [-0.3, -0.25) is 14.9 Å². The van der Waals surface area contributed by atoms with Crippen LogP contribution in [0.4, 0.5) is 10.5 Å². The third kappa shape index (κ3) is 6.17. The molecule has 0 spiro atoms. The van der Waals surface area contributed by atoms with Crippen LogP contribution in [0.2, 0.25) is 0 Å². The number of likely N-dealkylation sites (tertiary alicyclic amines) is 1. The number of hydrogen-bond donors (Lipinski definition) is 1. The van der Waals surface area contributed by atoms with Crippen molar-refractivity contribution >= 4 is 38.7 Å². The maximum absolute atomic E-state index is 12.5. The molecule has 2 atom stereocenters. The zero-order valence-corrected chi connectivity index (χ0v) is 17.0. The van der Waals surface area contributed by atoms with Crippen molar-refractivity contribution in [3.8, 4) is 0 Å². The number of ether oxygens (including phenoxy) is 1. The topological polar surface area (TPSA) is 136 Å². The van der Waals surface area contributed by atoms with Crippen molar-refractivity contribution in [2.45, 2.75) is 31.2 Å². The van der Waals surface area contributed by atoms with Gasteiger partial charge in [0.25, 0.3) is 5.69 Å². The second kappa shape index (κ2) is 9.34. The first-order chi connectivity index (χ1) is 13.1. The molecule has 1 amide bonds. The number of nitrogens with zero attached hydrogens (tertiary/aromatic N) is 2. The molecule has 1 aliphatic heterocycles. The summed E-state index contributed by atoms with van der Waals surface area (Å²) in [5.41, 5.74) is 0.489. The van der Waals surface area contributed by atoms with E-state index in [0.717, 1.165) is 11.8 Å². The summed E-state index contributed by atoms with van der Waals surface area (Å²) < 4.78 is 31.3. The van der Waals surface area contributed by atoms with E-state index in [-0.39, 0.29) is 35.0 Å². The number of hydrogen-bond acceptors (Lipinski definition) is 8. The number of carbonyl (C=O) groups excluding carboxylic acids is 2. The predicted octanol–water partition coefficient (Wildman–Crippen LogP) is 1.50. The molecule has 0 unspecified atom stereocenters. The van der Waals surface area contributed by atoms with Crippen LogP contribution in [0.3, 0.4) is 0 Å². The van der Waals surface area contributed by atoms with Crippen molar-refractivity contribution < 1.29 is 27.7 Å². The molecule has 1 aliphatic rings. The second-order valence-electron chi connectivity index (χ2n) is 6.24. The fourth-order valence-electron chi connectivity index (χ4n) is 2.85. The number of nitrogens with one attached hydrogen (secondary N) is 1. The minimum atomic E-state index is -3.56. The number of sulfonamides is 1. The molecule has 154 valence electrons. The molecular formula is C16H21N3O7S2. The lowest BCUT2D eigenvalue weighted by atomic mass is 10.2. The van der Waals surface area contributed by atoms with Crippen molar-refractivity contribution in [3.63, 3.8) is 0 Å². The number of nitro benzene ring substituents is 1. The number of thioether (sulfide) groups is 1. The van der Waals surface area contributed by atoms with Gasteiger partial charge in [-0.05, 0) is 31.2 Å². The Bertz CT molecular complexity index is 842. The summed E-state index contributed by atoms with van der Waals surface area (Å²) in [4.78, 5) is 35.3. The highest BCUT2D eigenvalue weighted by Crippen LogP contribution is 2.29. The van der Waals surface area contributed by atoms with Gasteiger partial charge in [0.1, 0.15) is 6.61 Å². The van der Waals surface area contributed by atoms with Crippen LogP contribution in [0, 0.1) is 10.1 Å². The van der Waals surface area contributed by atoms with Gasteiger partial charge < -0.3 is 9.64 Å². The highest BCUT2D eigenvalue weighted by Gasteiger charge is 2.39. The van der Waals surface area contributed by atoms with Gasteiger partial charge >= 0.3 is 6.09 Å². The fourth-order valence-corrected chi connectivity index (χ4v) is 4.87. The van der Waals surface area contributed by atoms with Crippen molar-refractivity contribution in [1.29, 1.82) is 0 Å². The molecule has 1 heterocycles. The van der Waals surface area contributed by atoms with Crippen molar-refractivity contribution in [2.24, 2.45) is 0 Å². The molecule has 0 radical (unpaired) electrons. The van der Waals surface area contributed by atoms with Crippen molar-refractivity contribution in [2.75, 3.05) is 19.3 Å². The van der Waals surface area contributed by atoms with Crippen LogP contribution in [-0.4, -0.2) is 60.1 Å². The molecule has 1 saturated heterocycles. The van der Waals surface area contributed by atoms with E-state index in [4.69, 9.17) is 4.74 Å². The third-order valence-electron chi connectivity index (χ3n) is 4.18. The van der Waals surface area contributed by atoms with E-state index >= 15 is 0 Å². The molecular weight excluding hydrogens is 410 g/mol. The predicted molar refractivity (Wildman–Crippen MR) is 103 cm³/mol. The zero-order valence-electron chi connectivity index (χ0n) is 15.4. The van der Waals surface area contributed by atoms with E-state index in [1.165, 1.54) is 43.1 Å². The highest BCUT2D eigenvalue weighted by atomic mass is 32.2. The van der Waals surface area contributed by atoms with Crippen LogP contribution < -0.4 is 4.72 Å². The molecule has 0 saturated carbocycles. The van der Waals surface area contributed by atoms with Crippen molar-refractivity contribution in [1.82, 2.24) is 9.62 Å². The average molecular weight is 431 g/mol. The number of rotatable bonds is 7. The van der Waals surface area contributed by atoms with Crippen LogP contribution in [0.1, 0.15) is 18.9 Å². The van der Waals surface area contributed by atoms with E-state index in [9.17, 15) is 28.1 Å². The van der Waals surface area contributed by atoms with E-state index < -0.39 is 27.1 Å². The Balaban J connectivity index is 2.04. The molecule has 1 aromatic rings. The van der Waals surface area contributed by atoms with Gasteiger partial charge in [0.2, 0.25) is 10.0 Å². The summed E-state index contributed by atoms with van der Waals surface area (Å²) in [7, 11) is -2.26. The highest BCUT2D eigenvalue weighted by molar-refractivity contribution is 8.14. The van der Waals surface area contributed by atoms with Crippen molar-refractivity contribution in [3.05, 3.63) is 39.9 Å². The summed E-state index contributed by atoms with van der Waals surface area (Å²) >= 11 is 1.07. The molecule has 0 aliphatic carbocycles. The molecule has 0 aromatic heterocycles. The average Bonchev–Trinajstić information content (AvgIpc) is 3.00. The number of benzene rings is 1. The third-order valence-corrected chi connectivity index (χ3v) is 6.63. The Morgan fingerprint density at radius 2 is 2.00 bits per heavy atom. The minimum absolute atomic E-state index is 0.0731. The normalized spacial score (nSPS) is 19.4. The van der Waals surface area contributed by atoms with E-state index in [0.29, 0.717) is 12.0 Å². The Labute approximate surface area is 166 Å². The van der Waals surface area contributed by atoms with Gasteiger partial charge in [0.05, 0.1) is 16.7 Å². The van der Waals surface area contributed by atoms with Gasteiger partial charge in [-0.2, -0.15) is 0 Å².